The van der Waals surface area contributed by atoms with E-state index in [0.717, 1.165) is 6.54 Å². The van der Waals surface area contributed by atoms with Crippen LogP contribution in [0.15, 0.2) is 11.8 Å². The lowest BCUT2D eigenvalue weighted by Crippen LogP contribution is -2.17. The average molecular weight is 251 g/mol. The Bertz CT molecular complexity index is 240. The molecule has 106 valence electrons. The highest BCUT2D eigenvalue weighted by molar-refractivity contribution is 5.13. The molecule has 0 aromatic carbocycles. The van der Waals surface area contributed by atoms with Crippen LogP contribution >= 0.6 is 0 Å². The van der Waals surface area contributed by atoms with Crippen molar-refractivity contribution in [2.75, 3.05) is 6.54 Å². The van der Waals surface area contributed by atoms with Crippen LogP contribution in [0.3, 0.4) is 0 Å². The van der Waals surface area contributed by atoms with Crippen molar-refractivity contribution in [3.05, 3.63) is 11.8 Å². The Morgan fingerprint density at radius 1 is 0.944 bits per heavy atom. The fraction of sp³-hybridized carbons (Fsp3) is 0.882. The Morgan fingerprint density at radius 2 is 1.50 bits per heavy atom. The first-order chi connectivity index (χ1) is 8.64. The van der Waals surface area contributed by atoms with Crippen LogP contribution in [-0.4, -0.2) is 6.54 Å². The molecule has 0 aromatic heterocycles. The lowest BCUT2D eigenvalue weighted by Gasteiger charge is -2.11. The quantitative estimate of drug-likeness (QED) is 0.511. The molecule has 0 fully saturated rings. The zero-order valence-electron chi connectivity index (χ0n) is 12.9. The summed E-state index contributed by atoms with van der Waals surface area (Å²) in [7, 11) is 0. The van der Waals surface area contributed by atoms with Crippen molar-refractivity contribution in [3.63, 3.8) is 0 Å². The fourth-order valence-electron chi connectivity index (χ4n) is 2.70. The molecule has 0 saturated heterocycles. The first-order valence-electron chi connectivity index (χ1n) is 8.10. The molecule has 0 aliphatic carbocycles. The summed E-state index contributed by atoms with van der Waals surface area (Å²) >= 11 is 0. The van der Waals surface area contributed by atoms with Gasteiger partial charge in [0.15, 0.2) is 0 Å². The molecule has 1 N–H and O–H groups in total. The van der Waals surface area contributed by atoms with Gasteiger partial charge in [-0.25, -0.2) is 0 Å². The third-order valence-corrected chi connectivity index (χ3v) is 3.89. The van der Waals surface area contributed by atoms with Crippen molar-refractivity contribution in [1.82, 2.24) is 5.32 Å². The van der Waals surface area contributed by atoms with E-state index in [4.69, 9.17) is 0 Å². The van der Waals surface area contributed by atoms with Crippen molar-refractivity contribution in [2.45, 2.75) is 85.0 Å². The molecule has 1 heteroatoms. The molecule has 0 aromatic rings. The van der Waals surface area contributed by atoms with E-state index in [1.165, 1.54) is 69.9 Å². The smallest absolute Gasteiger partial charge is 0.0230 e. The molecule has 0 saturated carbocycles. The first kappa shape index (κ1) is 15.6. The molecule has 18 heavy (non-hydrogen) atoms. The lowest BCUT2D eigenvalue weighted by molar-refractivity contribution is 0.494. The second kappa shape index (κ2) is 8.61. The van der Waals surface area contributed by atoms with Crippen LogP contribution in [0, 0.1) is 5.41 Å². The minimum absolute atomic E-state index is 0.384. The maximum atomic E-state index is 3.53. The van der Waals surface area contributed by atoms with Crippen LogP contribution in [0.1, 0.15) is 85.0 Å². The molecule has 0 bridgehead atoms. The monoisotopic (exact) mass is 251 g/mol. The van der Waals surface area contributed by atoms with Gasteiger partial charge in [-0.3, -0.25) is 0 Å². The van der Waals surface area contributed by atoms with Crippen LogP contribution in [0.25, 0.3) is 0 Å². The number of allylic oxidation sites excluding steroid dienone is 1. The molecular formula is C17H33N. The Balaban J connectivity index is 1.87. The van der Waals surface area contributed by atoms with Gasteiger partial charge in [-0.2, -0.15) is 0 Å². The molecule has 0 spiro atoms. The van der Waals surface area contributed by atoms with E-state index in [1.54, 1.807) is 0 Å². The van der Waals surface area contributed by atoms with Gasteiger partial charge >= 0.3 is 0 Å². The predicted octanol–water partition coefficient (Wildman–Crippen LogP) is 5.42. The second-order valence-electron chi connectivity index (χ2n) is 6.59. The fourth-order valence-corrected chi connectivity index (χ4v) is 2.70. The number of hydrogen-bond donors (Lipinski definition) is 1. The molecule has 1 aliphatic rings. The van der Waals surface area contributed by atoms with Gasteiger partial charge in [-0.15, -0.1) is 0 Å². The molecule has 1 heterocycles. The van der Waals surface area contributed by atoms with Crippen molar-refractivity contribution in [3.8, 4) is 0 Å². The SMILES string of the molecule is CCCCCCCCCCCC1=CC(C)(C)CN1. The van der Waals surface area contributed by atoms with Crippen LogP contribution in [0.4, 0.5) is 0 Å². The Hall–Kier alpha value is -0.460. The van der Waals surface area contributed by atoms with Crippen molar-refractivity contribution >= 4 is 0 Å². The zero-order valence-corrected chi connectivity index (χ0v) is 12.9. The molecule has 0 radical (unpaired) electrons. The number of hydrogen-bond acceptors (Lipinski definition) is 1. The minimum Gasteiger partial charge on any atom is -0.388 e. The maximum absolute atomic E-state index is 3.53. The van der Waals surface area contributed by atoms with Gasteiger partial charge < -0.3 is 5.32 Å². The van der Waals surface area contributed by atoms with E-state index >= 15 is 0 Å². The summed E-state index contributed by atoms with van der Waals surface area (Å²) in [5, 5.41) is 3.53. The summed E-state index contributed by atoms with van der Waals surface area (Å²) in [6, 6.07) is 0. The zero-order chi connectivity index (χ0) is 13.3. The number of unbranched alkanes of at least 4 members (excludes halogenated alkanes) is 8. The number of nitrogens with one attached hydrogen (secondary N) is 1. The Kier molecular flexibility index (Phi) is 7.46. The van der Waals surface area contributed by atoms with Gasteiger partial charge in [0.2, 0.25) is 0 Å². The highest BCUT2D eigenvalue weighted by Gasteiger charge is 2.21. The third kappa shape index (κ3) is 7.08. The molecule has 0 amide bonds. The van der Waals surface area contributed by atoms with Gasteiger partial charge in [0.25, 0.3) is 0 Å². The van der Waals surface area contributed by atoms with E-state index < -0.39 is 0 Å². The second-order valence-corrected chi connectivity index (χ2v) is 6.59. The van der Waals surface area contributed by atoms with Crippen molar-refractivity contribution < 1.29 is 0 Å². The van der Waals surface area contributed by atoms with Crippen LogP contribution in [0.5, 0.6) is 0 Å². The average Bonchev–Trinajstić information content (AvgIpc) is 2.67. The van der Waals surface area contributed by atoms with E-state index in [0.29, 0.717) is 5.41 Å². The summed E-state index contributed by atoms with van der Waals surface area (Å²) in [6.45, 7) is 8.03. The van der Waals surface area contributed by atoms with Gasteiger partial charge in [0, 0.05) is 17.7 Å². The highest BCUT2D eigenvalue weighted by Crippen LogP contribution is 2.25. The molecule has 0 unspecified atom stereocenters. The number of rotatable bonds is 10. The van der Waals surface area contributed by atoms with Crippen LogP contribution in [0.2, 0.25) is 0 Å². The van der Waals surface area contributed by atoms with E-state index in [-0.39, 0.29) is 0 Å². The highest BCUT2D eigenvalue weighted by atomic mass is 14.9. The van der Waals surface area contributed by atoms with Gasteiger partial charge in [0.1, 0.15) is 0 Å². The third-order valence-electron chi connectivity index (χ3n) is 3.89. The maximum Gasteiger partial charge on any atom is 0.0230 e. The van der Waals surface area contributed by atoms with Crippen LogP contribution in [-0.2, 0) is 0 Å². The molecule has 1 aliphatic heterocycles. The molecule has 1 nitrogen and oxygen atoms in total. The standard InChI is InChI=1S/C17H33N/c1-4-5-6-7-8-9-10-11-12-13-16-14-17(2,3)15-18-16/h14,18H,4-13,15H2,1-3H3. The summed E-state index contributed by atoms with van der Waals surface area (Å²) in [6.07, 6.45) is 16.5. The summed E-state index contributed by atoms with van der Waals surface area (Å²) in [5.41, 5.74) is 1.87. The minimum atomic E-state index is 0.384. The largest absolute Gasteiger partial charge is 0.388 e. The van der Waals surface area contributed by atoms with E-state index in [1.807, 2.05) is 0 Å². The van der Waals surface area contributed by atoms with E-state index in [9.17, 15) is 0 Å². The Morgan fingerprint density at radius 3 is 2.00 bits per heavy atom. The first-order valence-corrected chi connectivity index (χ1v) is 8.10. The van der Waals surface area contributed by atoms with Crippen molar-refractivity contribution in [2.24, 2.45) is 5.41 Å². The van der Waals surface area contributed by atoms with Gasteiger partial charge in [-0.1, -0.05) is 78.2 Å². The Labute approximate surface area is 114 Å². The summed E-state index contributed by atoms with van der Waals surface area (Å²) in [5.74, 6) is 0. The molecule has 0 atom stereocenters. The van der Waals surface area contributed by atoms with Gasteiger partial charge in [0.05, 0.1) is 0 Å². The molecule has 1 rings (SSSR count). The summed E-state index contributed by atoms with van der Waals surface area (Å²) < 4.78 is 0. The van der Waals surface area contributed by atoms with E-state index in [2.05, 4.69) is 32.2 Å². The topological polar surface area (TPSA) is 12.0 Å². The van der Waals surface area contributed by atoms with Crippen molar-refractivity contribution in [1.29, 1.82) is 0 Å². The lowest BCUT2D eigenvalue weighted by atomic mass is 9.95. The van der Waals surface area contributed by atoms with Gasteiger partial charge in [-0.05, 0) is 12.8 Å². The predicted molar refractivity (Wildman–Crippen MR) is 81.7 cm³/mol. The molecular weight excluding hydrogens is 218 g/mol. The van der Waals surface area contributed by atoms with Crippen LogP contribution < -0.4 is 5.32 Å². The normalized spacial score (nSPS) is 17.6. The summed E-state index contributed by atoms with van der Waals surface area (Å²) in [4.78, 5) is 0.